The van der Waals surface area contributed by atoms with Crippen molar-refractivity contribution in [3.63, 3.8) is 0 Å². The van der Waals surface area contributed by atoms with Gasteiger partial charge in [-0.25, -0.2) is 4.98 Å². The molecule has 0 atom stereocenters. The Bertz CT molecular complexity index is 1190. The van der Waals surface area contributed by atoms with Crippen molar-refractivity contribution in [3.05, 3.63) is 79.3 Å². The molecule has 5 heteroatoms. The molecule has 0 saturated heterocycles. The molecule has 0 aliphatic heterocycles. The average molecular weight is 323 g/mol. The highest BCUT2D eigenvalue weighted by molar-refractivity contribution is 5.86. The lowest BCUT2D eigenvalue weighted by Crippen LogP contribution is -1.96. The third kappa shape index (κ3) is 2.33. The van der Waals surface area contributed by atoms with Crippen LogP contribution >= 0.6 is 0 Å². The van der Waals surface area contributed by atoms with E-state index in [1.807, 2.05) is 30.3 Å². The van der Waals surface area contributed by atoms with Crippen LogP contribution in [0.3, 0.4) is 0 Å². The molecule has 5 aromatic rings. The quantitative estimate of drug-likeness (QED) is 0.492. The van der Waals surface area contributed by atoms with Crippen LogP contribution < -0.4 is 0 Å². The number of aromatic nitrogens is 5. The van der Waals surface area contributed by atoms with Crippen LogP contribution in [0.4, 0.5) is 0 Å². The van der Waals surface area contributed by atoms with E-state index in [4.69, 9.17) is 0 Å². The Morgan fingerprint density at radius 1 is 0.760 bits per heavy atom. The van der Waals surface area contributed by atoms with Gasteiger partial charge < -0.3 is 0 Å². The normalized spacial score (nSPS) is 11.2. The van der Waals surface area contributed by atoms with Crippen LogP contribution in [0.1, 0.15) is 0 Å². The Balaban J connectivity index is 1.71. The number of fused-ring (bicyclic) bond motifs is 2. The van der Waals surface area contributed by atoms with E-state index in [2.05, 4.69) is 50.4 Å². The summed E-state index contributed by atoms with van der Waals surface area (Å²) in [6.07, 6.45) is 5.25. The van der Waals surface area contributed by atoms with E-state index in [0.29, 0.717) is 11.6 Å². The smallest absolute Gasteiger partial charge is 0.253 e. The lowest BCUT2D eigenvalue weighted by atomic mass is 10.1. The molecule has 0 aliphatic carbocycles. The molecule has 0 N–H and O–H groups in total. The van der Waals surface area contributed by atoms with E-state index in [0.717, 1.165) is 16.8 Å². The maximum absolute atomic E-state index is 4.64. The van der Waals surface area contributed by atoms with Crippen molar-refractivity contribution in [2.45, 2.75) is 0 Å². The van der Waals surface area contributed by atoms with E-state index < -0.39 is 0 Å². The van der Waals surface area contributed by atoms with E-state index in [9.17, 15) is 0 Å². The van der Waals surface area contributed by atoms with Gasteiger partial charge in [-0.1, -0.05) is 36.4 Å². The maximum Gasteiger partial charge on any atom is 0.253 e. The van der Waals surface area contributed by atoms with Crippen molar-refractivity contribution in [2.75, 3.05) is 0 Å². The first-order valence-electron chi connectivity index (χ1n) is 8.00. The van der Waals surface area contributed by atoms with Gasteiger partial charge in [-0.05, 0) is 35.0 Å². The van der Waals surface area contributed by atoms with E-state index in [-0.39, 0.29) is 0 Å². The van der Waals surface area contributed by atoms with Crippen LogP contribution in [0.25, 0.3) is 39.2 Å². The van der Waals surface area contributed by atoms with Crippen molar-refractivity contribution in [1.29, 1.82) is 0 Å². The molecule has 0 radical (unpaired) electrons. The molecule has 118 valence electrons. The number of benzene rings is 2. The molecule has 5 nitrogen and oxygen atoms in total. The zero-order chi connectivity index (χ0) is 16.6. The van der Waals surface area contributed by atoms with Gasteiger partial charge >= 0.3 is 0 Å². The summed E-state index contributed by atoms with van der Waals surface area (Å²) in [5, 5.41) is 7.05. The first kappa shape index (κ1) is 13.8. The Labute approximate surface area is 143 Å². The minimum Gasteiger partial charge on any atom is -0.264 e. The van der Waals surface area contributed by atoms with Gasteiger partial charge in [0, 0.05) is 29.7 Å². The largest absolute Gasteiger partial charge is 0.264 e. The summed E-state index contributed by atoms with van der Waals surface area (Å²) in [7, 11) is 0. The molecule has 0 amide bonds. The highest BCUT2D eigenvalue weighted by Crippen LogP contribution is 2.25. The van der Waals surface area contributed by atoms with Gasteiger partial charge in [-0.2, -0.15) is 9.50 Å². The van der Waals surface area contributed by atoms with Gasteiger partial charge in [-0.3, -0.25) is 4.98 Å². The second kappa shape index (κ2) is 5.49. The average Bonchev–Trinajstić information content (AvgIpc) is 3.13. The molecule has 5 rings (SSSR count). The molecule has 2 aromatic carbocycles. The van der Waals surface area contributed by atoms with Gasteiger partial charge in [0.25, 0.3) is 5.78 Å². The fourth-order valence-electron chi connectivity index (χ4n) is 2.98. The monoisotopic (exact) mass is 323 g/mol. The molecule has 25 heavy (non-hydrogen) atoms. The summed E-state index contributed by atoms with van der Waals surface area (Å²) in [6.45, 7) is 0. The Morgan fingerprint density at radius 3 is 2.56 bits per heavy atom. The number of hydrogen-bond acceptors (Lipinski definition) is 4. The number of nitrogens with zero attached hydrogens (tertiary/aromatic N) is 5. The lowest BCUT2D eigenvalue weighted by Gasteiger charge is -2.05. The molecule has 0 aliphatic rings. The first-order valence-corrected chi connectivity index (χ1v) is 8.00. The van der Waals surface area contributed by atoms with E-state index in [1.165, 1.54) is 10.8 Å². The third-order valence-electron chi connectivity index (χ3n) is 4.21. The predicted molar refractivity (Wildman–Crippen MR) is 97.0 cm³/mol. The van der Waals surface area contributed by atoms with Crippen LogP contribution in [0, 0.1) is 0 Å². The van der Waals surface area contributed by atoms with Crippen LogP contribution in [0.15, 0.2) is 79.3 Å². The van der Waals surface area contributed by atoms with Crippen molar-refractivity contribution < 1.29 is 0 Å². The van der Waals surface area contributed by atoms with Gasteiger partial charge in [-0.15, -0.1) is 5.10 Å². The van der Waals surface area contributed by atoms with Crippen molar-refractivity contribution >= 4 is 16.6 Å². The van der Waals surface area contributed by atoms with Gasteiger partial charge in [0.2, 0.25) is 0 Å². The van der Waals surface area contributed by atoms with E-state index in [1.54, 1.807) is 23.1 Å². The topological polar surface area (TPSA) is 56.0 Å². The SMILES string of the molecule is c1cncc(-c2nc3nccc(-c4ccc5ccccc5c4)n3n2)c1. The molecule has 0 saturated carbocycles. The minimum atomic E-state index is 0.574. The number of rotatable bonds is 2. The fourth-order valence-corrected chi connectivity index (χ4v) is 2.98. The van der Waals surface area contributed by atoms with Crippen LogP contribution in [-0.4, -0.2) is 24.6 Å². The van der Waals surface area contributed by atoms with Gasteiger partial charge in [0.05, 0.1) is 5.69 Å². The van der Waals surface area contributed by atoms with Gasteiger partial charge in [0.1, 0.15) is 0 Å². The lowest BCUT2D eigenvalue weighted by molar-refractivity contribution is 0.951. The minimum absolute atomic E-state index is 0.574. The highest BCUT2D eigenvalue weighted by atomic mass is 15.3. The van der Waals surface area contributed by atoms with Crippen LogP contribution in [0.5, 0.6) is 0 Å². The summed E-state index contributed by atoms with van der Waals surface area (Å²) in [5.41, 5.74) is 2.91. The summed E-state index contributed by atoms with van der Waals surface area (Å²) >= 11 is 0. The second-order valence-corrected chi connectivity index (χ2v) is 5.78. The van der Waals surface area contributed by atoms with Crippen LogP contribution in [-0.2, 0) is 0 Å². The van der Waals surface area contributed by atoms with Crippen LogP contribution in [0.2, 0.25) is 0 Å². The molecule has 0 unspecified atom stereocenters. The predicted octanol–water partition coefficient (Wildman–Crippen LogP) is 4.01. The maximum atomic E-state index is 4.64. The molecule has 0 bridgehead atoms. The van der Waals surface area contributed by atoms with Crippen molar-refractivity contribution in [1.82, 2.24) is 24.6 Å². The molecule has 3 aromatic heterocycles. The summed E-state index contributed by atoms with van der Waals surface area (Å²) in [5.74, 6) is 1.19. The Hall–Kier alpha value is -3.60. The molecule has 0 spiro atoms. The fraction of sp³-hybridized carbons (Fsp3) is 0. The number of hydrogen-bond donors (Lipinski definition) is 0. The zero-order valence-corrected chi connectivity index (χ0v) is 13.2. The Morgan fingerprint density at radius 2 is 1.68 bits per heavy atom. The van der Waals surface area contributed by atoms with Crippen molar-refractivity contribution in [2.24, 2.45) is 0 Å². The molecule has 0 fully saturated rings. The zero-order valence-electron chi connectivity index (χ0n) is 13.2. The standard InChI is InChI=1S/C20H13N5/c1-2-5-15-12-16(8-7-14(15)4-1)18-9-11-22-20-23-19(24-25(18)20)17-6-3-10-21-13-17/h1-13H. The first-order chi connectivity index (χ1) is 12.4. The number of pyridine rings is 1. The Kier molecular flexibility index (Phi) is 3.03. The summed E-state index contributed by atoms with van der Waals surface area (Å²) < 4.78 is 1.78. The molecular weight excluding hydrogens is 310 g/mol. The molecule has 3 heterocycles. The summed E-state index contributed by atoms with van der Waals surface area (Å²) in [6, 6.07) is 20.5. The third-order valence-corrected chi connectivity index (χ3v) is 4.21. The summed E-state index contributed by atoms with van der Waals surface area (Å²) in [4.78, 5) is 13.0. The van der Waals surface area contributed by atoms with E-state index >= 15 is 0 Å². The molecular formula is C20H13N5. The second-order valence-electron chi connectivity index (χ2n) is 5.78. The van der Waals surface area contributed by atoms with Crippen molar-refractivity contribution in [3.8, 4) is 22.6 Å². The highest BCUT2D eigenvalue weighted by Gasteiger charge is 2.11. The van der Waals surface area contributed by atoms with Gasteiger partial charge in [0.15, 0.2) is 5.82 Å².